The Morgan fingerprint density at radius 1 is 1.56 bits per heavy atom. The lowest BCUT2D eigenvalue weighted by Gasteiger charge is -2.27. The summed E-state index contributed by atoms with van der Waals surface area (Å²) >= 11 is 0. The van der Waals surface area contributed by atoms with Crippen molar-refractivity contribution in [3.8, 4) is 0 Å². The molecule has 9 heavy (non-hydrogen) atoms. The maximum Gasteiger partial charge on any atom is 0.0616 e. The molecule has 1 N–H and O–H groups in total. The van der Waals surface area contributed by atoms with E-state index in [0.717, 1.165) is 0 Å². The number of aliphatic hydroxyl groups excluding tert-OH is 1. The van der Waals surface area contributed by atoms with E-state index in [0.29, 0.717) is 0 Å². The minimum absolute atomic E-state index is 0.113. The van der Waals surface area contributed by atoms with Crippen LogP contribution in [0, 0.1) is 5.41 Å². The first-order valence-corrected chi connectivity index (χ1v) is 3.18. The summed E-state index contributed by atoms with van der Waals surface area (Å²) in [6.07, 6.45) is 0.113. The third-order valence-corrected chi connectivity index (χ3v) is 1.86. The fourth-order valence-electron chi connectivity index (χ4n) is 0.448. The molecule has 0 fully saturated rings. The maximum absolute atomic E-state index is 8.82. The molecular formula is C7H16O2. The Balaban J connectivity index is 3.80. The molecule has 0 bridgehead atoms. The lowest BCUT2D eigenvalue weighted by atomic mass is 9.89. The van der Waals surface area contributed by atoms with Crippen molar-refractivity contribution in [3.05, 3.63) is 0 Å². The van der Waals surface area contributed by atoms with Gasteiger partial charge in [-0.15, -0.1) is 0 Å². The molecule has 0 aliphatic heterocycles. The predicted molar refractivity (Wildman–Crippen MR) is 37.3 cm³/mol. The molecule has 0 saturated carbocycles. The van der Waals surface area contributed by atoms with Gasteiger partial charge in [-0.1, -0.05) is 13.8 Å². The van der Waals surface area contributed by atoms with Gasteiger partial charge in [-0.25, -0.2) is 0 Å². The van der Waals surface area contributed by atoms with Crippen molar-refractivity contribution in [2.75, 3.05) is 13.7 Å². The fourth-order valence-corrected chi connectivity index (χ4v) is 0.448. The number of methoxy groups -OCH3 is 1. The second-order valence-corrected chi connectivity index (χ2v) is 3.02. The SMILES string of the molecule is COC(C)C(C)(C)CO. The first-order valence-electron chi connectivity index (χ1n) is 3.18. The first kappa shape index (κ1) is 8.92. The van der Waals surface area contributed by atoms with Gasteiger partial charge in [0, 0.05) is 12.5 Å². The summed E-state index contributed by atoms with van der Waals surface area (Å²) in [6, 6.07) is 0. The highest BCUT2D eigenvalue weighted by molar-refractivity contribution is 4.73. The number of aliphatic hydroxyl groups is 1. The third-order valence-electron chi connectivity index (χ3n) is 1.86. The normalized spacial score (nSPS) is 15.7. The monoisotopic (exact) mass is 132 g/mol. The van der Waals surface area contributed by atoms with Crippen LogP contribution in [0.1, 0.15) is 20.8 Å². The van der Waals surface area contributed by atoms with Crippen molar-refractivity contribution in [3.63, 3.8) is 0 Å². The molecule has 0 aromatic rings. The van der Waals surface area contributed by atoms with E-state index in [-0.39, 0.29) is 18.1 Å². The topological polar surface area (TPSA) is 29.5 Å². The third kappa shape index (κ3) is 2.33. The number of hydrogen-bond acceptors (Lipinski definition) is 2. The van der Waals surface area contributed by atoms with Crippen LogP contribution in [0.3, 0.4) is 0 Å². The highest BCUT2D eigenvalue weighted by Crippen LogP contribution is 2.20. The van der Waals surface area contributed by atoms with E-state index in [1.807, 2.05) is 20.8 Å². The molecule has 0 spiro atoms. The van der Waals surface area contributed by atoms with Gasteiger partial charge in [0.15, 0.2) is 0 Å². The van der Waals surface area contributed by atoms with Gasteiger partial charge in [0.05, 0.1) is 12.7 Å². The zero-order valence-electron chi connectivity index (χ0n) is 6.64. The lowest BCUT2D eigenvalue weighted by molar-refractivity contribution is -0.0115. The Morgan fingerprint density at radius 2 is 2.00 bits per heavy atom. The molecule has 2 nitrogen and oxygen atoms in total. The van der Waals surface area contributed by atoms with Crippen molar-refractivity contribution in [2.45, 2.75) is 26.9 Å². The zero-order chi connectivity index (χ0) is 7.49. The minimum Gasteiger partial charge on any atom is -0.396 e. The summed E-state index contributed by atoms with van der Waals surface area (Å²) in [5.74, 6) is 0. The molecule has 56 valence electrons. The van der Waals surface area contributed by atoms with Gasteiger partial charge in [0.25, 0.3) is 0 Å². The standard InChI is InChI=1S/C7H16O2/c1-6(9-4)7(2,3)5-8/h6,8H,5H2,1-4H3. The second kappa shape index (κ2) is 3.18. The van der Waals surface area contributed by atoms with E-state index in [9.17, 15) is 0 Å². The molecule has 0 amide bonds. The molecule has 1 unspecified atom stereocenters. The quantitative estimate of drug-likeness (QED) is 0.621. The molecule has 0 aromatic heterocycles. The first-order chi connectivity index (χ1) is 4.04. The largest absolute Gasteiger partial charge is 0.396 e. The van der Waals surface area contributed by atoms with E-state index < -0.39 is 0 Å². The molecule has 0 aliphatic rings. The Morgan fingerprint density at radius 3 is 2.11 bits per heavy atom. The molecule has 0 rings (SSSR count). The summed E-state index contributed by atoms with van der Waals surface area (Å²) in [4.78, 5) is 0. The molecule has 1 atom stereocenters. The average Bonchev–Trinajstić information content (AvgIpc) is 1.86. The second-order valence-electron chi connectivity index (χ2n) is 3.02. The summed E-state index contributed by atoms with van der Waals surface area (Å²) in [6.45, 7) is 6.07. The molecule has 0 radical (unpaired) electrons. The van der Waals surface area contributed by atoms with Crippen LogP contribution in [0.2, 0.25) is 0 Å². The van der Waals surface area contributed by atoms with Crippen molar-refractivity contribution >= 4 is 0 Å². The van der Waals surface area contributed by atoms with Crippen LogP contribution in [0.5, 0.6) is 0 Å². The van der Waals surface area contributed by atoms with Gasteiger partial charge in [-0.3, -0.25) is 0 Å². The Labute approximate surface area is 56.8 Å². The molecule has 0 aliphatic carbocycles. The predicted octanol–water partition coefficient (Wildman–Crippen LogP) is 1.04. The summed E-state index contributed by atoms with van der Waals surface area (Å²) in [5, 5.41) is 8.82. The van der Waals surface area contributed by atoms with E-state index in [4.69, 9.17) is 9.84 Å². The smallest absolute Gasteiger partial charge is 0.0616 e. The van der Waals surface area contributed by atoms with Crippen LogP contribution in [-0.2, 0) is 4.74 Å². The van der Waals surface area contributed by atoms with E-state index in [1.165, 1.54) is 0 Å². The molecule has 0 aromatic carbocycles. The van der Waals surface area contributed by atoms with Crippen LogP contribution >= 0.6 is 0 Å². The van der Waals surface area contributed by atoms with Gasteiger partial charge >= 0.3 is 0 Å². The molecule has 0 heterocycles. The van der Waals surface area contributed by atoms with Gasteiger partial charge in [-0.2, -0.15) is 0 Å². The number of ether oxygens (including phenoxy) is 1. The maximum atomic E-state index is 8.82. The molecule has 0 saturated heterocycles. The Bertz CT molecular complexity index is 79.0. The van der Waals surface area contributed by atoms with Crippen molar-refractivity contribution < 1.29 is 9.84 Å². The van der Waals surface area contributed by atoms with Crippen LogP contribution in [-0.4, -0.2) is 24.9 Å². The summed E-state index contributed by atoms with van der Waals surface area (Å²) < 4.78 is 5.05. The fraction of sp³-hybridized carbons (Fsp3) is 1.00. The number of rotatable bonds is 3. The molecular weight excluding hydrogens is 116 g/mol. The van der Waals surface area contributed by atoms with Crippen molar-refractivity contribution in [1.82, 2.24) is 0 Å². The zero-order valence-corrected chi connectivity index (χ0v) is 6.64. The van der Waals surface area contributed by atoms with Crippen LogP contribution < -0.4 is 0 Å². The van der Waals surface area contributed by atoms with Crippen LogP contribution in [0.15, 0.2) is 0 Å². The van der Waals surface area contributed by atoms with Crippen LogP contribution in [0.25, 0.3) is 0 Å². The van der Waals surface area contributed by atoms with Gasteiger partial charge < -0.3 is 9.84 Å². The van der Waals surface area contributed by atoms with Gasteiger partial charge in [0.1, 0.15) is 0 Å². The van der Waals surface area contributed by atoms with Gasteiger partial charge in [0.2, 0.25) is 0 Å². The lowest BCUT2D eigenvalue weighted by Crippen LogP contribution is -2.31. The summed E-state index contributed by atoms with van der Waals surface area (Å²) in [7, 11) is 1.65. The molecule has 2 heteroatoms. The minimum atomic E-state index is -0.116. The average molecular weight is 132 g/mol. The number of hydrogen-bond donors (Lipinski definition) is 1. The highest BCUT2D eigenvalue weighted by Gasteiger charge is 2.24. The van der Waals surface area contributed by atoms with E-state index >= 15 is 0 Å². The van der Waals surface area contributed by atoms with Crippen molar-refractivity contribution in [1.29, 1.82) is 0 Å². The Kier molecular flexibility index (Phi) is 3.15. The van der Waals surface area contributed by atoms with Gasteiger partial charge in [-0.05, 0) is 6.92 Å². The Hall–Kier alpha value is -0.0800. The van der Waals surface area contributed by atoms with Crippen molar-refractivity contribution in [2.24, 2.45) is 5.41 Å². The highest BCUT2D eigenvalue weighted by atomic mass is 16.5. The van der Waals surface area contributed by atoms with E-state index in [2.05, 4.69) is 0 Å². The summed E-state index contributed by atoms with van der Waals surface area (Å²) in [5.41, 5.74) is -0.116. The van der Waals surface area contributed by atoms with Crippen LogP contribution in [0.4, 0.5) is 0 Å². The van der Waals surface area contributed by atoms with E-state index in [1.54, 1.807) is 7.11 Å².